The number of rotatable bonds is 2. The molecule has 0 unspecified atom stereocenters. The van der Waals surface area contributed by atoms with Crippen molar-refractivity contribution < 1.29 is 0 Å². The van der Waals surface area contributed by atoms with Gasteiger partial charge in [-0.2, -0.15) is 0 Å². The van der Waals surface area contributed by atoms with Gasteiger partial charge in [-0.25, -0.2) is 0 Å². The summed E-state index contributed by atoms with van der Waals surface area (Å²) < 4.78 is 0. The number of hydrogen-bond donors (Lipinski definition) is 2. The fourth-order valence-corrected chi connectivity index (χ4v) is 1.86. The predicted octanol–water partition coefficient (Wildman–Crippen LogP) is 1.61. The van der Waals surface area contributed by atoms with Crippen LogP contribution >= 0.6 is 12.2 Å². The second-order valence-corrected chi connectivity index (χ2v) is 4.73. The highest BCUT2D eigenvalue weighted by Gasteiger charge is 2.06. The van der Waals surface area contributed by atoms with Crippen LogP contribution in [0.3, 0.4) is 0 Å². The molecule has 1 fully saturated rings. The Hall–Kier alpha value is -1.55. The van der Waals surface area contributed by atoms with Crippen molar-refractivity contribution in [2.24, 2.45) is 0 Å². The van der Waals surface area contributed by atoms with E-state index in [-0.39, 0.29) is 0 Å². The minimum Gasteiger partial charge on any atom is -0.378 e. The van der Waals surface area contributed by atoms with Crippen molar-refractivity contribution in [3.63, 3.8) is 0 Å². The van der Waals surface area contributed by atoms with E-state index in [9.17, 15) is 0 Å². The van der Waals surface area contributed by atoms with Gasteiger partial charge in [-0.15, -0.1) is 0 Å². The van der Waals surface area contributed by atoms with Crippen LogP contribution in [0.1, 0.15) is 5.56 Å². The predicted molar refractivity (Wildman–Crippen MR) is 77.3 cm³/mol. The van der Waals surface area contributed by atoms with Crippen LogP contribution in [0.15, 0.2) is 29.8 Å². The van der Waals surface area contributed by atoms with Gasteiger partial charge < -0.3 is 15.5 Å². The third-order valence-corrected chi connectivity index (χ3v) is 3.02. The Morgan fingerprint density at radius 3 is 2.24 bits per heavy atom. The van der Waals surface area contributed by atoms with Crippen molar-refractivity contribution in [1.82, 2.24) is 10.6 Å². The highest BCUT2D eigenvalue weighted by molar-refractivity contribution is 7.80. The number of nitrogens with one attached hydrogen (secondary N) is 2. The fraction of sp³-hybridized carbons (Fsp3) is 0.308. The molecular formula is C13H17N3S. The molecule has 0 amide bonds. The molecule has 0 spiro atoms. The van der Waals surface area contributed by atoms with E-state index < -0.39 is 0 Å². The lowest BCUT2D eigenvalue weighted by Crippen LogP contribution is -2.43. The van der Waals surface area contributed by atoms with Crippen LogP contribution in [0, 0.1) is 0 Å². The monoisotopic (exact) mass is 247 g/mol. The smallest absolute Gasteiger partial charge is 0.166 e. The Bertz CT molecular complexity index is 422. The van der Waals surface area contributed by atoms with Crippen molar-refractivity contribution >= 4 is 29.1 Å². The Kier molecular flexibility index (Phi) is 3.64. The number of benzene rings is 1. The van der Waals surface area contributed by atoms with E-state index in [2.05, 4.69) is 45.9 Å². The van der Waals surface area contributed by atoms with E-state index >= 15 is 0 Å². The summed E-state index contributed by atoms with van der Waals surface area (Å²) >= 11 is 5.01. The minimum absolute atomic E-state index is 0.741. The number of hydrogen-bond acceptors (Lipinski definition) is 2. The van der Waals surface area contributed by atoms with Gasteiger partial charge in [0.2, 0.25) is 0 Å². The highest BCUT2D eigenvalue weighted by atomic mass is 32.1. The van der Waals surface area contributed by atoms with Gasteiger partial charge in [-0.3, -0.25) is 0 Å². The van der Waals surface area contributed by atoms with Crippen molar-refractivity contribution in [2.45, 2.75) is 0 Å². The molecule has 0 aromatic heterocycles. The molecule has 1 aromatic rings. The first-order valence-electron chi connectivity index (χ1n) is 5.64. The molecule has 90 valence electrons. The van der Waals surface area contributed by atoms with Crippen molar-refractivity contribution in [3.05, 3.63) is 35.4 Å². The molecule has 2 N–H and O–H groups in total. The molecule has 0 aliphatic carbocycles. The maximum atomic E-state index is 5.01. The van der Waals surface area contributed by atoms with Crippen molar-refractivity contribution in [1.29, 1.82) is 0 Å². The molecule has 17 heavy (non-hydrogen) atoms. The topological polar surface area (TPSA) is 27.3 Å². The fourth-order valence-electron chi connectivity index (χ4n) is 1.72. The third-order valence-electron chi connectivity index (χ3n) is 2.73. The normalized spacial score (nSPS) is 14.9. The van der Waals surface area contributed by atoms with Gasteiger partial charge in [0.05, 0.1) is 0 Å². The summed E-state index contributed by atoms with van der Waals surface area (Å²) in [5.41, 5.74) is 3.76. The van der Waals surface area contributed by atoms with E-state index in [0.717, 1.165) is 18.2 Å². The summed E-state index contributed by atoms with van der Waals surface area (Å²) in [5, 5.41) is 6.99. The van der Waals surface area contributed by atoms with Crippen LogP contribution in [0.5, 0.6) is 0 Å². The molecule has 4 heteroatoms. The first kappa shape index (κ1) is 11.9. The summed E-state index contributed by atoms with van der Waals surface area (Å²) in [6.07, 6.45) is 2.20. The minimum atomic E-state index is 0.741. The maximum Gasteiger partial charge on any atom is 0.166 e. The van der Waals surface area contributed by atoms with Crippen LogP contribution in [0.4, 0.5) is 5.69 Å². The Labute approximate surface area is 108 Å². The van der Waals surface area contributed by atoms with Crippen LogP contribution in [0.25, 0.3) is 6.08 Å². The van der Waals surface area contributed by atoms with Crippen LogP contribution < -0.4 is 15.5 Å². The third kappa shape index (κ3) is 3.20. The molecule has 1 heterocycles. The SMILES string of the molecule is CN(C)c1ccc(C=C2CNC(=S)NC2)cc1. The summed E-state index contributed by atoms with van der Waals surface area (Å²) in [6.45, 7) is 1.67. The molecule has 1 aliphatic rings. The van der Waals surface area contributed by atoms with E-state index in [1.54, 1.807) is 0 Å². The van der Waals surface area contributed by atoms with Gasteiger partial charge in [0.15, 0.2) is 5.11 Å². The zero-order valence-corrected chi connectivity index (χ0v) is 11.0. The first-order valence-corrected chi connectivity index (χ1v) is 6.04. The van der Waals surface area contributed by atoms with Gasteiger partial charge in [-0.1, -0.05) is 18.2 Å². The van der Waals surface area contributed by atoms with Crippen molar-refractivity contribution in [3.8, 4) is 0 Å². The van der Waals surface area contributed by atoms with Crippen LogP contribution in [-0.4, -0.2) is 32.3 Å². The molecular weight excluding hydrogens is 230 g/mol. The average Bonchev–Trinajstić information content (AvgIpc) is 2.33. The van der Waals surface area contributed by atoms with Crippen LogP contribution in [0.2, 0.25) is 0 Å². The maximum absolute atomic E-state index is 5.01. The van der Waals surface area contributed by atoms with E-state index in [4.69, 9.17) is 12.2 Å². The van der Waals surface area contributed by atoms with E-state index in [1.165, 1.54) is 16.8 Å². The van der Waals surface area contributed by atoms with Gasteiger partial charge in [-0.05, 0) is 35.5 Å². The van der Waals surface area contributed by atoms with Crippen molar-refractivity contribution in [2.75, 3.05) is 32.1 Å². The zero-order chi connectivity index (χ0) is 12.3. The van der Waals surface area contributed by atoms with Gasteiger partial charge in [0.25, 0.3) is 0 Å². The number of anilines is 1. The molecule has 1 saturated heterocycles. The summed E-state index contributed by atoms with van der Waals surface area (Å²) in [5.74, 6) is 0. The molecule has 1 aliphatic heterocycles. The molecule has 3 nitrogen and oxygen atoms in total. The Balaban J connectivity index is 2.08. The van der Waals surface area contributed by atoms with Gasteiger partial charge in [0.1, 0.15) is 0 Å². The number of thiocarbonyl (C=S) groups is 1. The number of nitrogens with zero attached hydrogens (tertiary/aromatic N) is 1. The van der Waals surface area contributed by atoms with E-state index in [1.807, 2.05) is 14.1 Å². The summed E-state index contributed by atoms with van der Waals surface area (Å²) in [4.78, 5) is 2.10. The Morgan fingerprint density at radius 1 is 1.12 bits per heavy atom. The second kappa shape index (κ2) is 5.19. The first-order chi connectivity index (χ1) is 8.15. The van der Waals surface area contributed by atoms with Gasteiger partial charge in [0, 0.05) is 32.9 Å². The molecule has 1 aromatic carbocycles. The highest BCUT2D eigenvalue weighted by Crippen LogP contribution is 2.14. The molecule has 0 bridgehead atoms. The quantitative estimate of drug-likeness (QED) is 0.777. The molecule has 2 rings (SSSR count). The van der Waals surface area contributed by atoms with E-state index in [0.29, 0.717) is 0 Å². The summed E-state index contributed by atoms with van der Waals surface area (Å²) in [6, 6.07) is 8.52. The lowest BCUT2D eigenvalue weighted by atomic mass is 10.1. The Morgan fingerprint density at radius 2 is 1.71 bits per heavy atom. The molecule has 0 atom stereocenters. The zero-order valence-electron chi connectivity index (χ0n) is 10.2. The largest absolute Gasteiger partial charge is 0.378 e. The molecule has 0 saturated carbocycles. The second-order valence-electron chi connectivity index (χ2n) is 4.32. The lowest BCUT2D eigenvalue weighted by molar-refractivity contribution is 0.817. The molecule has 0 radical (unpaired) electrons. The standard InChI is InChI=1S/C13H17N3S/c1-16(2)12-5-3-10(4-6-12)7-11-8-14-13(17)15-9-11/h3-7H,8-9H2,1-2H3,(H2,14,15,17). The lowest BCUT2D eigenvalue weighted by Gasteiger charge is -2.19. The average molecular weight is 247 g/mol. The van der Waals surface area contributed by atoms with Gasteiger partial charge >= 0.3 is 0 Å². The van der Waals surface area contributed by atoms with Crippen LogP contribution in [-0.2, 0) is 0 Å². The summed E-state index contributed by atoms with van der Waals surface area (Å²) in [7, 11) is 4.09.